The summed E-state index contributed by atoms with van der Waals surface area (Å²) in [4.78, 5) is 2.58. The van der Waals surface area contributed by atoms with Crippen LogP contribution in [-0.4, -0.2) is 30.6 Å². The molecular formula is C20H24N2O. The second-order valence-corrected chi connectivity index (χ2v) is 6.64. The standard InChI is InChI=1S/C20H24N2O/c21-13-16-7-8-20-18(12-16)17(11-15-5-2-1-3-6-15)19(14-23-20)22-9-4-10-22/h1-3,5-8,12,17,19H,4,9-11,13-14,21H2. The number of ether oxygens (including phenoxy) is 1. The molecular weight excluding hydrogens is 284 g/mol. The van der Waals surface area contributed by atoms with Crippen molar-refractivity contribution in [3.8, 4) is 5.75 Å². The second-order valence-electron chi connectivity index (χ2n) is 6.64. The Morgan fingerprint density at radius 3 is 2.57 bits per heavy atom. The molecule has 0 aromatic heterocycles. The van der Waals surface area contributed by atoms with Crippen LogP contribution in [-0.2, 0) is 13.0 Å². The summed E-state index contributed by atoms with van der Waals surface area (Å²) in [6, 6.07) is 17.7. The van der Waals surface area contributed by atoms with E-state index in [4.69, 9.17) is 10.5 Å². The van der Waals surface area contributed by atoms with Gasteiger partial charge in [0, 0.05) is 12.5 Å². The summed E-state index contributed by atoms with van der Waals surface area (Å²) < 4.78 is 6.08. The predicted octanol–water partition coefficient (Wildman–Crippen LogP) is 2.94. The molecule has 0 aliphatic carbocycles. The van der Waals surface area contributed by atoms with Crippen molar-refractivity contribution in [3.05, 3.63) is 65.2 Å². The van der Waals surface area contributed by atoms with Gasteiger partial charge in [0.25, 0.3) is 0 Å². The van der Waals surface area contributed by atoms with Crippen molar-refractivity contribution >= 4 is 0 Å². The first-order chi connectivity index (χ1) is 11.3. The minimum atomic E-state index is 0.476. The number of likely N-dealkylation sites (tertiary alicyclic amines) is 1. The number of benzene rings is 2. The molecule has 2 atom stereocenters. The van der Waals surface area contributed by atoms with Crippen LogP contribution in [0.4, 0.5) is 0 Å². The van der Waals surface area contributed by atoms with Gasteiger partial charge in [-0.25, -0.2) is 0 Å². The maximum Gasteiger partial charge on any atom is 0.122 e. The third-order valence-electron chi connectivity index (χ3n) is 5.24. The SMILES string of the molecule is NCc1ccc2c(c1)C(Cc1ccccc1)C(N1CCC1)CO2. The van der Waals surface area contributed by atoms with Crippen molar-refractivity contribution in [2.75, 3.05) is 19.7 Å². The average molecular weight is 308 g/mol. The van der Waals surface area contributed by atoms with E-state index in [1.165, 1.54) is 36.2 Å². The zero-order chi connectivity index (χ0) is 15.6. The molecule has 0 radical (unpaired) electrons. The Bertz CT molecular complexity index is 667. The van der Waals surface area contributed by atoms with Crippen molar-refractivity contribution in [2.24, 2.45) is 5.73 Å². The third kappa shape index (κ3) is 2.87. The van der Waals surface area contributed by atoms with Crippen LogP contribution in [0.1, 0.15) is 29.0 Å². The molecule has 0 saturated carbocycles. The fourth-order valence-corrected chi connectivity index (χ4v) is 3.79. The lowest BCUT2D eigenvalue weighted by atomic mass is 9.81. The molecule has 2 aliphatic rings. The monoisotopic (exact) mass is 308 g/mol. The molecule has 2 aliphatic heterocycles. The molecule has 2 heterocycles. The maximum absolute atomic E-state index is 6.08. The van der Waals surface area contributed by atoms with Crippen LogP contribution in [0, 0.1) is 0 Å². The van der Waals surface area contributed by atoms with Crippen LogP contribution >= 0.6 is 0 Å². The maximum atomic E-state index is 6.08. The highest BCUT2D eigenvalue weighted by Crippen LogP contribution is 2.39. The Hall–Kier alpha value is -1.84. The first-order valence-electron chi connectivity index (χ1n) is 8.59. The lowest BCUT2D eigenvalue weighted by Crippen LogP contribution is -2.52. The first-order valence-corrected chi connectivity index (χ1v) is 8.59. The van der Waals surface area contributed by atoms with E-state index in [0.29, 0.717) is 18.5 Å². The van der Waals surface area contributed by atoms with Crippen molar-refractivity contribution in [3.63, 3.8) is 0 Å². The summed E-state index contributed by atoms with van der Waals surface area (Å²) in [6.45, 7) is 3.78. The van der Waals surface area contributed by atoms with E-state index < -0.39 is 0 Å². The molecule has 0 amide bonds. The zero-order valence-electron chi connectivity index (χ0n) is 13.4. The summed E-state index contributed by atoms with van der Waals surface area (Å²) in [5.41, 5.74) is 9.78. The van der Waals surface area contributed by atoms with Crippen molar-refractivity contribution in [1.82, 2.24) is 4.90 Å². The quantitative estimate of drug-likeness (QED) is 0.944. The molecule has 120 valence electrons. The molecule has 4 rings (SSSR count). The molecule has 23 heavy (non-hydrogen) atoms. The Kier molecular flexibility index (Phi) is 4.06. The van der Waals surface area contributed by atoms with E-state index in [1.807, 2.05) is 0 Å². The lowest BCUT2D eigenvalue weighted by molar-refractivity contribution is 0.0501. The fraction of sp³-hybridized carbons (Fsp3) is 0.400. The van der Waals surface area contributed by atoms with Crippen molar-refractivity contribution in [2.45, 2.75) is 31.3 Å². The van der Waals surface area contributed by atoms with Crippen LogP contribution in [0.25, 0.3) is 0 Å². The topological polar surface area (TPSA) is 38.5 Å². The van der Waals surface area contributed by atoms with Gasteiger partial charge < -0.3 is 10.5 Å². The van der Waals surface area contributed by atoms with Gasteiger partial charge in [0.2, 0.25) is 0 Å². The highest BCUT2D eigenvalue weighted by atomic mass is 16.5. The normalized spacial score (nSPS) is 23.7. The highest BCUT2D eigenvalue weighted by Gasteiger charge is 2.37. The van der Waals surface area contributed by atoms with Gasteiger partial charge in [0.05, 0.1) is 6.04 Å². The van der Waals surface area contributed by atoms with E-state index in [2.05, 4.69) is 53.4 Å². The van der Waals surface area contributed by atoms with Gasteiger partial charge in [-0.2, -0.15) is 0 Å². The third-order valence-corrected chi connectivity index (χ3v) is 5.24. The van der Waals surface area contributed by atoms with Crippen LogP contribution < -0.4 is 10.5 Å². The van der Waals surface area contributed by atoms with Gasteiger partial charge >= 0.3 is 0 Å². The Morgan fingerprint density at radius 2 is 1.87 bits per heavy atom. The molecule has 3 heteroatoms. The summed E-state index contributed by atoms with van der Waals surface area (Å²) in [6.07, 6.45) is 2.37. The van der Waals surface area contributed by atoms with Crippen LogP contribution in [0.3, 0.4) is 0 Å². The number of hydrogen-bond acceptors (Lipinski definition) is 3. The van der Waals surface area contributed by atoms with Gasteiger partial charge in [0.15, 0.2) is 0 Å². The lowest BCUT2D eigenvalue weighted by Gasteiger charge is -2.45. The molecule has 3 nitrogen and oxygen atoms in total. The summed E-state index contributed by atoms with van der Waals surface area (Å²) >= 11 is 0. The Labute approximate surface area is 138 Å². The van der Waals surface area contributed by atoms with Crippen LogP contribution in [0.15, 0.2) is 48.5 Å². The number of rotatable bonds is 4. The Morgan fingerprint density at radius 1 is 1.04 bits per heavy atom. The van der Waals surface area contributed by atoms with Gasteiger partial charge in [-0.3, -0.25) is 4.90 Å². The van der Waals surface area contributed by atoms with Gasteiger partial charge in [-0.15, -0.1) is 0 Å². The highest BCUT2D eigenvalue weighted by molar-refractivity contribution is 5.43. The zero-order valence-corrected chi connectivity index (χ0v) is 13.4. The molecule has 0 spiro atoms. The number of fused-ring (bicyclic) bond motifs is 1. The van der Waals surface area contributed by atoms with E-state index in [1.54, 1.807) is 0 Å². The fourth-order valence-electron chi connectivity index (χ4n) is 3.79. The van der Waals surface area contributed by atoms with Crippen molar-refractivity contribution in [1.29, 1.82) is 0 Å². The number of hydrogen-bond donors (Lipinski definition) is 1. The molecule has 1 saturated heterocycles. The predicted molar refractivity (Wildman–Crippen MR) is 92.7 cm³/mol. The second kappa shape index (κ2) is 6.34. The molecule has 0 bridgehead atoms. The van der Waals surface area contributed by atoms with Gasteiger partial charge in [0.1, 0.15) is 12.4 Å². The largest absolute Gasteiger partial charge is 0.492 e. The number of nitrogens with zero attached hydrogens (tertiary/aromatic N) is 1. The van der Waals surface area contributed by atoms with Crippen molar-refractivity contribution < 1.29 is 4.74 Å². The summed E-state index contributed by atoms with van der Waals surface area (Å²) in [5, 5.41) is 0. The first kappa shape index (κ1) is 14.7. The smallest absolute Gasteiger partial charge is 0.122 e. The van der Waals surface area contributed by atoms with Crippen LogP contribution in [0.2, 0.25) is 0 Å². The van der Waals surface area contributed by atoms with Gasteiger partial charge in [-0.05, 0) is 48.7 Å². The summed E-state index contributed by atoms with van der Waals surface area (Å²) in [5.74, 6) is 1.52. The minimum absolute atomic E-state index is 0.476. The van der Waals surface area contributed by atoms with E-state index in [-0.39, 0.29) is 0 Å². The molecule has 2 aromatic rings. The van der Waals surface area contributed by atoms with E-state index in [9.17, 15) is 0 Å². The number of nitrogens with two attached hydrogens (primary N) is 1. The van der Waals surface area contributed by atoms with Crippen LogP contribution in [0.5, 0.6) is 5.75 Å². The molecule has 2 unspecified atom stereocenters. The Balaban J connectivity index is 1.70. The molecule has 1 fully saturated rings. The average Bonchev–Trinajstić information content (AvgIpc) is 2.56. The molecule has 2 aromatic carbocycles. The summed E-state index contributed by atoms with van der Waals surface area (Å²) in [7, 11) is 0. The van der Waals surface area contributed by atoms with E-state index in [0.717, 1.165) is 18.8 Å². The minimum Gasteiger partial charge on any atom is -0.492 e. The molecule has 2 N–H and O–H groups in total. The van der Waals surface area contributed by atoms with E-state index >= 15 is 0 Å². The van der Waals surface area contributed by atoms with Gasteiger partial charge in [-0.1, -0.05) is 42.5 Å².